The highest BCUT2D eigenvalue weighted by Gasteiger charge is 2.11. The topological polar surface area (TPSA) is 54.7 Å². The van der Waals surface area contributed by atoms with Crippen LogP contribution in [0, 0.1) is 6.92 Å². The molecule has 1 heterocycles. The fourth-order valence-corrected chi connectivity index (χ4v) is 2.22. The van der Waals surface area contributed by atoms with E-state index in [0.717, 1.165) is 23.4 Å². The van der Waals surface area contributed by atoms with Crippen LogP contribution in [-0.4, -0.2) is 10.2 Å². The summed E-state index contributed by atoms with van der Waals surface area (Å²) >= 11 is 0. The van der Waals surface area contributed by atoms with E-state index in [4.69, 9.17) is 5.73 Å². The van der Waals surface area contributed by atoms with Crippen molar-refractivity contribution in [3.8, 4) is 11.1 Å². The second-order valence-corrected chi connectivity index (χ2v) is 4.81. The summed E-state index contributed by atoms with van der Waals surface area (Å²) in [6.45, 7) is 6.96. The second kappa shape index (κ2) is 5.36. The SMILES string of the molecule is CCC(C)c1ccc(-c2c(CN)n[nH]c2C)cc1. The third kappa shape index (κ3) is 2.31. The number of nitrogens with one attached hydrogen (secondary N) is 1. The van der Waals surface area contributed by atoms with E-state index in [-0.39, 0.29) is 0 Å². The van der Waals surface area contributed by atoms with Gasteiger partial charge in [0.2, 0.25) is 0 Å². The van der Waals surface area contributed by atoms with Gasteiger partial charge in [-0.1, -0.05) is 38.1 Å². The summed E-state index contributed by atoms with van der Waals surface area (Å²) in [6.07, 6.45) is 1.16. The van der Waals surface area contributed by atoms with E-state index in [2.05, 4.69) is 48.3 Å². The number of rotatable bonds is 4. The summed E-state index contributed by atoms with van der Waals surface area (Å²) in [4.78, 5) is 0. The molecule has 3 nitrogen and oxygen atoms in total. The fourth-order valence-electron chi connectivity index (χ4n) is 2.22. The molecular weight excluding hydrogens is 222 g/mol. The molecule has 0 amide bonds. The minimum atomic E-state index is 0.465. The molecule has 18 heavy (non-hydrogen) atoms. The van der Waals surface area contributed by atoms with E-state index in [0.29, 0.717) is 12.5 Å². The summed E-state index contributed by atoms with van der Waals surface area (Å²) in [5, 5.41) is 7.24. The van der Waals surface area contributed by atoms with Crippen molar-refractivity contribution in [3.63, 3.8) is 0 Å². The Kier molecular flexibility index (Phi) is 3.82. The summed E-state index contributed by atoms with van der Waals surface area (Å²) in [5.41, 5.74) is 11.4. The maximum absolute atomic E-state index is 5.72. The smallest absolute Gasteiger partial charge is 0.0838 e. The predicted molar refractivity (Wildman–Crippen MR) is 75.4 cm³/mol. The molecule has 1 unspecified atom stereocenters. The number of aromatic amines is 1. The fraction of sp³-hybridized carbons (Fsp3) is 0.400. The van der Waals surface area contributed by atoms with E-state index < -0.39 is 0 Å². The van der Waals surface area contributed by atoms with E-state index in [1.807, 2.05) is 6.92 Å². The zero-order valence-electron chi connectivity index (χ0n) is 11.3. The van der Waals surface area contributed by atoms with Crippen LogP contribution in [0.4, 0.5) is 0 Å². The molecule has 0 saturated carbocycles. The quantitative estimate of drug-likeness (QED) is 0.865. The molecule has 0 fully saturated rings. The molecular formula is C15H21N3. The van der Waals surface area contributed by atoms with Crippen molar-refractivity contribution >= 4 is 0 Å². The first-order valence-corrected chi connectivity index (χ1v) is 6.51. The van der Waals surface area contributed by atoms with Crippen LogP contribution in [0.2, 0.25) is 0 Å². The summed E-state index contributed by atoms with van der Waals surface area (Å²) < 4.78 is 0. The van der Waals surface area contributed by atoms with Gasteiger partial charge >= 0.3 is 0 Å². The zero-order valence-corrected chi connectivity index (χ0v) is 11.3. The van der Waals surface area contributed by atoms with Gasteiger partial charge in [0.15, 0.2) is 0 Å². The number of nitrogens with zero attached hydrogens (tertiary/aromatic N) is 1. The van der Waals surface area contributed by atoms with Crippen molar-refractivity contribution in [2.24, 2.45) is 5.73 Å². The van der Waals surface area contributed by atoms with Gasteiger partial charge in [-0.25, -0.2) is 0 Å². The van der Waals surface area contributed by atoms with Crippen LogP contribution >= 0.6 is 0 Å². The minimum absolute atomic E-state index is 0.465. The normalized spacial score (nSPS) is 12.7. The van der Waals surface area contributed by atoms with Gasteiger partial charge in [-0.2, -0.15) is 5.10 Å². The second-order valence-electron chi connectivity index (χ2n) is 4.81. The lowest BCUT2D eigenvalue weighted by atomic mass is 9.95. The predicted octanol–water partition coefficient (Wildman–Crippen LogP) is 3.36. The van der Waals surface area contributed by atoms with E-state index >= 15 is 0 Å². The average molecular weight is 243 g/mol. The summed E-state index contributed by atoms with van der Waals surface area (Å²) in [5.74, 6) is 0.610. The first-order chi connectivity index (χ1) is 8.67. The molecule has 2 aromatic rings. The van der Waals surface area contributed by atoms with Gasteiger partial charge in [0.25, 0.3) is 0 Å². The Balaban J connectivity index is 2.37. The third-order valence-electron chi connectivity index (χ3n) is 3.60. The highest BCUT2D eigenvalue weighted by atomic mass is 15.1. The molecule has 96 valence electrons. The minimum Gasteiger partial charge on any atom is -0.325 e. The molecule has 1 atom stereocenters. The van der Waals surface area contributed by atoms with E-state index in [1.54, 1.807) is 0 Å². The molecule has 0 aliphatic carbocycles. The van der Waals surface area contributed by atoms with Crippen LogP contribution in [-0.2, 0) is 6.54 Å². The Morgan fingerprint density at radius 2 is 1.94 bits per heavy atom. The van der Waals surface area contributed by atoms with Gasteiger partial charge < -0.3 is 5.73 Å². The summed E-state index contributed by atoms with van der Waals surface area (Å²) in [7, 11) is 0. The van der Waals surface area contributed by atoms with Crippen LogP contribution in [0.1, 0.15) is 43.1 Å². The highest BCUT2D eigenvalue weighted by Crippen LogP contribution is 2.27. The average Bonchev–Trinajstić information content (AvgIpc) is 2.79. The van der Waals surface area contributed by atoms with Gasteiger partial charge in [-0.15, -0.1) is 0 Å². The van der Waals surface area contributed by atoms with Crippen molar-refractivity contribution in [3.05, 3.63) is 41.2 Å². The Morgan fingerprint density at radius 3 is 2.50 bits per heavy atom. The molecule has 3 heteroatoms. The van der Waals surface area contributed by atoms with Crippen molar-refractivity contribution in [2.45, 2.75) is 39.7 Å². The van der Waals surface area contributed by atoms with E-state index in [9.17, 15) is 0 Å². The lowest BCUT2D eigenvalue weighted by Crippen LogP contribution is -1.99. The van der Waals surface area contributed by atoms with Gasteiger partial charge in [0, 0.05) is 17.8 Å². The highest BCUT2D eigenvalue weighted by molar-refractivity contribution is 5.68. The molecule has 0 aliphatic rings. The number of hydrogen-bond donors (Lipinski definition) is 2. The van der Waals surface area contributed by atoms with Crippen LogP contribution in [0.3, 0.4) is 0 Å². The standard InChI is InChI=1S/C15H21N3/c1-4-10(2)12-5-7-13(8-6-12)15-11(3)17-18-14(15)9-16/h5-8,10H,4,9,16H2,1-3H3,(H,17,18). The lowest BCUT2D eigenvalue weighted by Gasteiger charge is -2.10. The van der Waals surface area contributed by atoms with Crippen molar-refractivity contribution in [2.75, 3.05) is 0 Å². The van der Waals surface area contributed by atoms with Crippen LogP contribution < -0.4 is 5.73 Å². The van der Waals surface area contributed by atoms with Gasteiger partial charge in [0.05, 0.1) is 5.69 Å². The number of hydrogen-bond acceptors (Lipinski definition) is 2. The molecule has 0 saturated heterocycles. The van der Waals surface area contributed by atoms with Crippen molar-refractivity contribution in [1.82, 2.24) is 10.2 Å². The zero-order chi connectivity index (χ0) is 13.1. The Bertz CT molecular complexity index is 511. The maximum Gasteiger partial charge on any atom is 0.0838 e. The molecule has 3 N–H and O–H groups in total. The number of benzene rings is 1. The monoisotopic (exact) mass is 243 g/mol. The van der Waals surface area contributed by atoms with Crippen molar-refractivity contribution < 1.29 is 0 Å². The molecule has 0 radical (unpaired) electrons. The van der Waals surface area contributed by atoms with Gasteiger partial charge in [0.1, 0.15) is 0 Å². The Hall–Kier alpha value is -1.61. The molecule has 2 rings (SSSR count). The Morgan fingerprint density at radius 1 is 1.28 bits per heavy atom. The molecule has 0 bridgehead atoms. The number of nitrogens with two attached hydrogens (primary N) is 1. The Labute approximate surface area is 108 Å². The lowest BCUT2D eigenvalue weighted by molar-refractivity contribution is 0.734. The first kappa shape index (κ1) is 12.8. The summed E-state index contributed by atoms with van der Waals surface area (Å²) in [6, 6.07) is 8.74. The largest absolute Gasteiger partial charge is 0.325 e. The van der Waals surface area contributed by atoms with Crippen LogP contribution in [0.15, 0.2) is 24.3 Å². The van der Waals surface area contributed by atoms with Crippen LogP contribution in [0.5, 0.6) is 0 Å². The number of H-pyrrole nitrogens is 1. The molecule has 1 aromatic heterocycles. The van der Waals surface area contributed by atoms with E-state index in [1.165, 1.54) is 11.1 Å². The first-order valence-electron chi connectivity index (χ1n) is 6.51. The number of aromatic nitrogens is 2. The number of aryl methyl sites for hydroxylation is 1. The molecule has 0 aliphatic heterocycles. The van der Waals surface area contributed by atoms with Gasteiger partial charge in [-0.3, -0.25) is 5.10 Å². The van der Waals surface area contributed by atoms with Gasteiger partial charge in [-0.05, 0) is 30.4 Å². The molecule has 1 aromatic carbocycles. The molecule has 0 spiro atoms. The maximum atomic E-state index is 5.72. The third-order valence-corrected chi connectivity index (χ3v) is 3.60. The van der Waals surface area contributed by atoms with Crippen molar-refractivity contribution in [1.29, 1.82) is 0 Å². The van der Waals surface area contributed by atoms with Crippen LogP contribution in [0.25, 0.3) is 11.1 Å².